The molecule has 1 rings (SSSR count). The van der Waals surface area contributed by atoms with Crippen molar-refractivity contribution >= 4 is 17.9 Å². The number of rotatable bonds is 15. The highest BCUT2D eigenvalue weighted by Gasteiger charge is 2.37. The van der Waals surface area contributed by atoms with Crippen LogP contribution in [0.5, 0.6) is 5.75 Å². The van der Waals surface area contributed by atoms with Crippen LogP contribution in [0.4, 0.5) is 4.79 Å². The molecule has 2 atom stereocenters. The lowest BCUT2D eigenvalue weighted by molar-refractivity contribution is -0.143. The Morgan fingerprint density at radius 1 is 1.00 bits per heavy atom. The molecule has 0 saturated heterocycles. The Morgan fingerprint density at radius 2 is 1.65 bits per heavy atom. The highest BCUT2D eigenvalue weighted by molar-refractivity contribution is 5.92. The van der Waals surface area contributed by atoms with E-state index >= 15 is 0 Å². The predicted octanol–water partition coefficient (Wildman–Crippen LogP) is 5.70. The molecule has 3 amide bonds. The third kappa shape index (κ3) is 11.9. The van der Waals surface area contributed by atoms with E-state index in [-0.39, 0.29) is 23.5 Å². The summed E-state index contributed by atoms with van der Waals surface area (Å²) >= 11 is 0. The summed E-state index contributed by atoms with van der Waals surface area (Å²) in [5.74, 6) is -0.877. The van der Waals surface area contributed by atoms with Crippen molar-refractivity contribution in [3.05, 3.63) is 29.8 Å². The number of benzene rings is 1. The van der Waals surface area contributed by atoms with Crippen LogP contribution < -0.4 is 10.6 Å². The minimum atomic E-state index is -0.940. The standard InChI is InChI=1S/C29H49N3O5/c1-8-10-12-13-14-19-32(27(35)24(21(3)4)31-28(36)37-29(5,6)7)25(26(34)30-18-11-9-2)22-16-15-17-23(33)20-22/h15-17,20-21,24-25,33H,8-14,18-19H2,1-7H3,(H,30,34)(H,31,36). The summed E-state index contributed by atoms with van der Waals surface area (Å²) in [6.07, 6.45) is 5.96. The zero-order valence-corrected chi connectivity index (χ0v) is 23.9. The monoisotopic (exact) mass is 519 g/mol. The highest BCUT2D eigenvalue weighted by atomic mass is 16.6. The van der Waals surface area contributed by atoms with E-state index < -0.39 is 23.8 Å². The molecular formula is C29H49N3O5. The Kier molecular flexibility index (Phi) is 14.1. The number of alkyl carbamates (subject to hydrolysis) is 1. The van der Waals surface area contributed by atoms with Crippen LogP contribution >= 0.6 is 0 Å². The number of unbranched alkanes of at least 4 members (excludes halogenated alkanes) is 5. The van der Waals surface area contributed by atoms with Crippen LogP contribution in [0.1, 0.15) is 105 Å². The van der Waals surface area contributed by atoms with Gasteiger partial charge in [0.15, 0.2) is 0 Å². The lowest BCUT2D eigenvalue weighted by Crippen LogP contribution is -2.55. The van der Waals surface area contributed by atoms with E-state index in [0.717, 1.165) is 44.9 Å². The van der Waals surface area contributed by atoms with Gasteiger partial charge in [0.2, 0.25) is 11.8 Å². The van der Waals surface area contributed by atoms with Crippen molar-refractivity contribution < 1.29 is 24.2 Å². The molecule has 37 heavy (non-hydrogen) atoms. The Bertz CT molecular complexity index is 850. The molecule has 1 aromatic rings. The number of aromatic hydroxyl groups is 1. The molecule has 2 unspecified atom stereocenters. The smallest absolute Gasteiger partial charge is 0.408 e. The van der Waals surface area contributed by atoms with Gasteiger partial charge in [0.05, 0.1) is 0 Å². The van der Waals surface area contributed by atoms with E-state index in [2.05, 4.69) is 17.6 Å². The lowest BCUT2D eigenvalue weighted by Gasteiger charge is -2.35. The first-order valence-electron chi connectivity index (χ1n) is 13.8. The fourth-order valence-electron chi connectivity index (χ4n) is 4.03. The van der Waals surface area contributed by atoms with Gasteiger partial charge in [0.1, 0.15) is 23.4 Å². The summed E-state index contributed by atoms with van der Waals surface area (Å²) in [5.41, 5.74) is -0.188. The molecule has 8 heteroatoms. The molecule has 0 bridgehead atoms. The minimum Gasteiger partial charge on any atom is -0.508 e. The first-order valence-corrected chi connectivity index (χ1v) is 13.8. The van der Waals surface area contributed by atoms with Gasteiger partial charge in [-0.05, 0) is 57.2 Å². The molecule has 8 nitrogen and oxygen atoms in total. The molecule has 0 spiro atoms. The van der Waals surface area contributed by atoms with Crippen molar-refractivity contribution in [3.8, 4) is 5.75 Å². The Hall–Kier alpha value is -2.77. The summed E-state index contributed by atoms with van der Waals surface area (Å²) in [7, 11) is 0. The topological polar surface area (TPSA) is 108 Å². The molecule has 0 heterocycles. The Morgan fingerprint density at radius 3 is 2.22 bits per heavy atom. The molecule has 0 fully saturated rings. The van der Waals surface area contributed by atoms with Gasteiger partial charge < -0.3 is 25.4 Å². The first-order chi connectivity index (χ1) is 17.4. The Balaban J connectivity index is 3.39. The molecule has 3 N–H and O–H groups in total. The SMILES string of the molecule is CCCCCCCN(C(=O)C(NC(=O)OC(C)(C)C)C(C)C)C(C(=O)NCCCC)c1cccc(O)c1. The number of carbonyl (C=O) groups excluding carboxylic acids is 3. The average Bonchev–Trinajstić information content (AvgIpc) is 2.80. The van der Waals surface area contributed by atoms with Crippen LogP contribution in [0.3, 0.4) is 0 Å². The minimum absolute atomic E-state index is 0.0199. The van der Waals surface area contributed by atoms with Crippen LogP contribution in [0.2, 0.25) is 0 Å². The number of phenolic OH excluding ortho intramolecular Hbond substituents is 1. The van der Waals surface area contributed by atoms with E-state index in [0.29, 0.717) is 18.7 Å². The number of nitrogens with zero attached hydrogens (tertiary/aromatic N) is 1. The molecule has 0 radical (unpaired) electrons. The Labute approximate surface area is 223 Å². The van der Waals surface area contributed by atoms with Crippen LogP contribution in [-0.4, -0.2) is 52.6 Å². The van der Waals surface area contributed by atoms with Gasteiger partial charge in [-0.3, -0.25) is 9.59 Å². The predicted molar refractivity (Wildman–Crippen MR) is 147 cm³/mol. The van der Waals surface area contributed by atoms with Crippen molar-refractivity contribution in [2.45, 2.75) is 111 Å². The first kappa shape index (κ1) is 32.3. The normalized spacial score (nSPS) is 13.1. The number of hydrogen-bond donors (Lipinski definition) is 3. The summed E-state index contributed by atoms with van der Waals surface area (Å²) in [6.45, 7) is 14.0. The second-order valence-corrected chi connectivity index (χ2v) is 11.0. The summed E-state index contributed by atoms with van der Waals surface area (Å²) in [6, 6.07) is 4.64. The molecular weight excluding hydrogens is 470 g/mol. The third-order valence-electron chi connectivity index (χ3n) is 5.97. The van der Waals surface area contributed by atoms with Crippen LogP contribution in [0.15, 0.2) is 24.3 Å². The fourth-order valence-corrected chi connectivity index (χ4v) is 4.03. The number of ether oxygens (including phenoxy) is 1. The number of phenols is 1. The van der Waals surface area contributed by atoms with Crippen LogP contribution in [-0.2, 0) is 14.3 Å². The van der Waals surface area contributed by atoms with E-state index in [1.54, 1.807) is 37.8 Å². The molecule has 0 aliphatic carbocycles. The zero-order valence-electron chi connectivity index (χ0n) is 23.9. The second kappa shape index (κ2) is 16.2. The maximum absolute atomic E-state index is 14.1. The molecule has 0 saturated carbocycles. The van der Waals surface area contributed by atoms with Crippen LogP contribution in [0, 0.1) is 5.92 Å². The van der Waals surface area contributed by atoms with Gasteiger partial charge in [-0.1, -0.05) is 71.9 Å². The number of nitrogens with one attached hydrogen (secondary N) is 2. The molecule has 210 valence electrons. The summed E-state index contributed by atoms with van der Waals surface area (Å²) in [5, 5.41) is 15.9. The van der Waals surface area contributed by atoms with Gasteiger partial charge in [-0.2, -0.15) is 0 Å². The summed E-state index contributed by atoms with van der Waals surface area (Å²) in [4.78, 5) is 41.7. The fraction of sp³-hybridized carbons (Fsp3) is 0.690. The maximum Gasteiger partial charge on any atom is 0.408 e. The average molecular weight is 520 g/mol. The van der Waals surface area contributed by atoms with E-state index in [9.17, 15) is 19.5 Å². The molecule has 1 aromatic carbocycles. The van der Waals surface area contributed by atoms with Crippen molar-refractivity contribution in [1.29, 1.82) is 0 Å². The van der Waals surface area contributed by atoms with E-state index in [1.165, 1.54) is 12.1 Å². The van der Waals surface area contributed by atoms with Gasteiger partial charge in [0, 0.05) is 13.1 Å². The van der Waals surface area contributed by atoms with Gasteiger partial charge in [-0.15, -0.1) is 0 Å². The number of hydrogen-bond acceptors (Lipinski definition) is 5. The van der Waals surface area contributed by atoms with Crippen LogP contribution in [0.25, 0.3) is 0 Å². The molecule has 0 aliphatic heterocycles. The summed E-state index contributed by atoms with van der Waals surface area (Å²) < 4.78 is 5.41. The van der Waals surface area contributed by atoms with E-state index in [4.69, 9.17) is 4.74 Å². The number of carbonyl (C=O) groups is 3. The van der Waals surface area contributed by atoms with E-state index in [1.807, 2.05) is 20.8 Å². The molecule has 0 aliphatic rings. The zero-order chi connectivity index (χ0) is 28.0. The van der Waals surface area contributed by atoms with Crippen molar-refractivity contribution in [3.63, 3.8) is 0 Å². The molecule has 0 aromatic heterocycles. The highest BCUT2D eigenvalue weighted by Crippen LogP contribution is 2.27. The van der Waals surface area contributed by atoms with Gasteiger partial charge >= 0.3 is 6.09 Å². The van der Waals surface area contributed by atoms with Crippen molar-refractivity contribution in [1.82, 2.24) is 15.5 Å². The largest absolute Gasteiger partial charge is 0.508 e. The third-order valence-corrected chi connectivity index (χ3v) is 5.97. The number of amides is 3. The quantitative estimate of drug-likeness (QED) is 0.258. The van der Waals surface area contributed by atoms with Gasteiger partial charge in [-0.25, -0.2) is 4.79 Å². The maximum atomic E-state index is 14.1. The lowest BCUT2D eigenvalue weighted by atomic mass is 9.98. The van der Waals surface area contributed by atoms with Crippen molar-refractivity contribution in [2.75, 3.05) is 13.1 Å². The van der Waals surface area contributed by atoms with Gasteiger partial charge in [0.25, 0.3) is 0 Å². The van der Waals surface area contributed by atoms with Crippen molar-refractivity contribution in [2.24, 2.45) is 5.92 Å². The second-order valence-electron chi connectivity index (χ2n) is 11.0.